The van der Waals surface area contributed by atoms with Gasteiger partial charge in [-0.1, -0.05) is 121 Å². The van der Waals surface area contributed by atoms with Crippen molar-refractivity contribution in [1.29, 1.82) is 5.26 Å². The number of hydrogen-bond donors (Lipinski definition) is 1. The van der Waals surface area contributed by atoms with Crippen LogP contribution in [0, 0.1) is 11.3 Å². The third kappa shape index (κ3) is 3.94. The van der Waals surface area contributed by atoms with Crippen LogP contribution in [-0.2, 0) is 5.41 Å². The SMILES string of the molecule is N#Cc1ccc(-c2cc3c(c4c2oc2ccccc24)-c2ccccc2C32c3ccccc3-c3ccc(C4Nc5ccccc5N4c4ccccc4)cc32)cc1. The average molecular weight is 702 g/mol. The van der Waals surface area contributed by atoms with Crippen molar-refractivity contribution >= 4 is 39.0 Å². The summed E-state index contributed by atoms with van der Waals surface area (Å²) in [6.07, 6.45) is -0.114. The van der Waals surface area contributed by atoms with Gasteiger partial charge in [-0.2, -0.15) is 5.26 Å². The topological polar surface area (TPSA) is 52.2 Å². The normalized spacial score (nSPS) is 17.1. The molecule has 0 radical (unpaired) electrons. The number of fused-ring (bicyclic) bond motifs is 15. The molecule has 0 bridgehead atoms. The molecular weight excluding hydrogens is 671 g/mol. The van der Waals surface area contributed by atoms with Gasteiger partial charge >= 0.3 is 0 Å². The van der Waals surface area contributed by atoms with Crippen LogP contribution in [-0.4, -0.2) is 0 Å². The van der Waals surface area contributed by atoms with Gasteiger partial charge in [-0.25, -0.2) is 0 Å². The second kappa shape index (κ2) is 11.1. The van der Waals surface area contributed by atoms with Gasteiger partial charge in [-0.3, -0.25) is 0 Å². The highest BCUT2D eigenvalue weighted by Crippen LogP contribution is 2.65. The molecule has 2 unspecified atom stereocenters. The molecular formula is C51H31N3O. The molecule has 0 saturated carbocycles. The van der Waals surface area contributed by atoms with Crippen LogP contribution in [0.2, 0.25) is 0 Å². The van der Waals surface area contributed by atoms with Gasteiger partial charge in [0.1, 0.15) is 17.3 Å². The van der Waals surface area contributed by atoms with Crippen LogP contribution in [0.4, 0.5) is 17.1 Å². The van der Waals surface area contributed by atoms with Crippen LogP contribution in [0.5, 0.6) is 0 Å². The van der Waals surface area contributed by atoms with Crippen molar-refractivity contribution in [2.45, 2.75) is 11.6 Å². The number of benzene rings is 8. The Balaban J connectivity index is 1.18. The second-order valence-electron chi connectivity index (χ2n) is 14.8. The summed E-state index contributed by atoms with van der Waals surface area (Å²) >= 11 is 0. The lowest BCUT2D eigenvalue weighted by atomic mass is 9.69. The molecule has 0 fully saturated rings. The van der Waals surface area contributed by atoms with Crippen LogP contribution < -0.4 is 10.2 Å². The van der Waals surface area contributed by atoms with Gasteiger partial charge in [0.2, 0.25) is 0 Å². The fourth-order valence-corrected chi connectivity index (χ4v) is 9.90. The van der Waals surface area contributed by atoms with Crippen molar-refractivity contribution in [2.75, 3.05) is 10.2 Å². The Morgan fingerprint density at radius 3 is 2.11 bits per heavy atom. The molecule has 9 aromatic rings. The third-order valence-electron chi connectivity index (χ3n) is 12.1. The quantitative estimate of drug-likeness (QED) is 0.199. The molecule has 0 amide bonds. The van der Waals surface area contributed by atoms with E-state index < -0.39 is 5.41 Å². The third-order valence-corrected chi connectivity index (χ3v) is 12.1. The first-order valence-corrected chi connectivity index (χ1v) is 18.8. The lowest BCUT2D eigenvalue weighted by molar-refractivity contribution is 0.669. The zero-order valence-electron chi connectivity index (χ0n) is 29.6. The molecule has 2 atom stereocenters. The van der Waals surface area contributed by atoms with Crippen molar-refractivity contribution in [2.24, 2.45) is 0 Å². The van der Waals surface area contributed by atoms with E-state index in [0.717, 1.165) is 50.1 Å². The molecule has 1 aliphatic heterocycles. The minimum absolute atomic E-state index is 0.114. The molecule has 8 aromatic carbocycles. The molecule has 12 rings (SSSR count). The fraction of sp³-hybridized carbons (Fsp3) is 0.0392. The summed E-state index contributed by atoms with van der Waals surface area (Å²) in [7, 11) is 0. The monoisotopic (exact) mass is 701 g/mol. The number of furan rings is 1. The zero-order valence-corrected chi connectivity index (χ0v) is 29.6. The Hall–Kier alpha value is -7.35. The van der Waals surface area contributed by atoms with Crippen molar-refractivity contribution in [3.63, 3.8) is 0 Å². The molecule has 1 spiro atoms. The van der Waals surface area contributed by atoms with Crippen molar-refractivity contribution < 1.29 is 4.42 Å². The lowest BCUT2D eigenvalue weighted by Crippen LogP contribution is -2.27. The molecule has 55 heavy (non-hydrogen) atoms. The minimum Gasteiger partial charge on any atom is -0.455 e. The standard InChI is InChI=1S/C51H31N3O/c52-30-31-22-24-32(25-23-31)39-29-43-47(48-38-16-6-11-21-46(38)55-49(39)48)37-15-5-8-18-41(37)51(43)40-17-7-4-14-35(40)36-27-26-33(28-42(36)51)50-53-44-19-9-10-20-45(44)54(50)34-12-2-1-3-13-34/h1-29,50,53H. The second-order valence-corrected chi connectivity index (χ2v) is 14.8. The lowest BCUT2D eigenvalue weighted by Gasteiger charge is -2.32. The number of anilines is 3. The Kier molecular flexibility index (Phi) is 6.08. The predicted molar refractivity (Wildman–Crippen MR) is 222 cm³/mol. The van der Waals surface area contributed by atoms with Crippen molar-refractivity contribution in [3.8, 4) is 39.4 Å². The van der Waals surface area contributed by atoms with Gasteiger partial charge in [0, 0.05) is 22.0 Å². The van der Waals surface area contributed by atoms with Gasteiger partial charge in [-0.05, 0) is 110 Å². The number of hydrogen-bond acceptors (Lipinski definition) is 4. The van der Waals surface area contributed by atoms with E-state index in [2.05, 4.69) is 174 Å². The molecule has 1 aromatic heterocycles. The maximum Gasteiger partial charge on any atom is 0.143 e. The van der Waals surface area contributed by atoms with E-state index in [9.17, 15) is 5.26 Å². The summed E-state index contributed by atoms with van der Waals surface area (Å²) in [5.41, 5.74) is 18.5. The molecule has 0 saturated heterocycles. The molecule has 2 aliphatic carbocycles. The van der Waals surface area contributed by atoms with Crippen LogP contribution in [0.15, 0.2) is 180 Å². The van der Waals surface area contributed by atoms with E-state index in [4.69, 9.17) is 4.42 Å². The molecule has 1 N–H and O–H groups in total. The highest BCUT2D eigenvalue weighted by atomic mass is 16.3. The van der Waals surface area contributed by atoms with E-state index in [1.54, 1.807) is 0 Å². The summed E-state index contributed by atoms with van der Waals surface area (Å²) < 4.78 is 6.82. The Labute approximate surface area is 318 Å². The smallest absolute Gasteiger partial charge is 0.143 e. The Morgan fingerprint density at radius 2 is 1.27 bits per heavy atom. The van der Waals surface area contributed by atoms with Gasteiger partial charge < -0.3 is 14.6 Å². The van der Waals surface area contributed by atoms with Gasteiger partial charge in [0.15, 0.2) is 0 Å². The Bertz CT molecular complexity index is 3100. The van der Waals surface area contributed by atoms with E-state index in [1.165, 1.54) is 50.1 Å². The van der Waals surface area contributed by atoms with Crippen LogP contribution in [0.3, 0.4) is 0 Å². The first kappa shape index (κ1) is 30.1. The van der Waals surface area contributed by atoms with Crippen molar-refractivity contribution in [1.82, 2.24) is 0 Å². The molecule has 2 heterocycles. The van der Waals surface area contributed by atoms with E-state index in [-0.39, 0.29) is 6.17 Å². The van der Waals surface area contributed by atoms with Gasteiger partial charge in [-0.15, -0.1) is 0 Å². The minimum atomic E-state index is -0.592. The van der Waals surface area contributed by atoms with E-state index >= 15 is 0 Å². The summed E-state index contributed by atoms with van der Waals surface area (Å²) in [5, 5.41) is 15.8. The largest absolute Gasteiger partial charge is 0.455 e. The predicted octanol–water partition coefficient (Wildman–Crippen LogP) is 12.7. The van der Waals surface area contributed by atoms with E-state index in [0.29, 0.717) is 5.56 Å². The fourth-order valence-electron chi connectivity index (χ4n) is 9.90. The summed E-state index contributed by atoms with van der Waals surface area (Å²) in [4.78, 5) is 2.42. The Morgan fingerprint density at radius 1 is 0.582 bits per heavy atom. The zero-order chi connectivity index (χ0) is 36.3. The highest BCUT2D eigenvalue weighted by molar-refractivity contribution is 6.19. The highest BCUT2D eigenvalue weighted by Gasteiger charge is 2.53. The van der Waals surface area contributed by atoms with Crippen LogP contribution >= 0.6 is 0 Å². The van der Waals surface area contributed by atoms with Crippen molar-refractivity contribution in [3.05, 3.63) is 209 Å². The maximum atomic E-state index is 9.68. The molecule has 3 aliphatic rings. The first-order valence-electron chi connectivity index (χ1n) is 18.8. The average Bonchev–Trinajstić information content (AvgIpc) is 3.99. The number of rotatable bonds is 3. The van der Waals surface area contributed by atoms with E-state index in [1.807, 2.05) is 18.2 Å². The first-order chi connectivity index (χ1) is 27.2. The van der Waals surface area contributed by atoms with Crippen LogP contribution in [0.25, 0.3) is 55.3 Å². The summed E-state index contributed by atoms with van der Waals surface area (Å²) in [6, 6.07) is 65.4. The number of nitrogens with one attached hydrogen (secondary N) is 1. The molecule has 4 nitrogen and oxygen atoms in total. The summed E-state index contributed by atoms with van der Waals surface area (Å²) in [6.45, 7) is 0. The van der Waals surface area contributed by atoms with Crippen LogP contribution in [0.1, 0.15) is 39.5 Å². The maximum absolute atomic E-state index is 9.68. The number of para-hydroxylation sites is 4. The molecule has 256 valence electrons. The molecule has 4 heteroatoms. The summed E-state index contributed by atoms with van der Waals surface area (Å²) in [5.74, 6) is 0. The van der Waals surface area contributed by atoms with Gasteiger partial charge in [0.05, 0.1) is 28.4 Å². The number of nitriles is 1. The van der Waals surface area contributed by atoms with Gasteiger partial charge in [0.25, 0.3) is 0 Å². The number of nitrogens with zero attached hydrogens (tertiary/aromatic N) is 2.